The summed E-state index contributed by atoms with van der Waals surface area (Å²) in [4.78, 5) is 10.0. The average Bonchev–Trinajstić information content (AvgIpc) is 2.14. The first kappa shape index (κ1) is 11.3. The minimum atomic E-state index is -0.474. The summed E-state index contributed by atoms with van der Waals surface area (Å²) in [6.07, 6.45) is 0. The number of nitro benzene ring substituents is 1. The lowest BCUT2D eigenvalue weighted by molar-refractivity contribution is -0.385. The summed E-state index contributed by atoms with van der Waals surface area (Å²) in [5.41, 5.74) is -0.0102. The molecule has 0 aliphatic rings. The van der Waals surface area contributed by atoms with Crippen molar-refractivity contribution < 1.29 is 9.66 Å². The van der Waals surface area contributed by atoms with Crippen molar-refractivity contribution >= 4 is 33.2 Å². The van der Waals surface area contributed by atoms with Gasteiger partial charge in [-0.2, -0.15) is 0 Å². The molecule has 0 N–H and O–H groups in total. The van der Waals surface area contributed by atoms with Crippen molar-refractivity contribution in [2.75, 3.05) is 12.5 Å². The van der Waals surface area contributed by atoms with Crippen molar-refractivity contribution in [3.63, 3.8) is 0 Å². The maximum Gasteiger partial charge on any atom is 0.274 e. The van der Waals surface area contributed by atoms with Gasteiger partial charge in [-0.25, -0.2) is 0 Å². The lowest BCUT2D eigenvalue weighted by Gasteiger charge is -2.03. The van der Waals surface area contributed by atoms with Crippen LogP contribution in [-0.4, -0.2) is 17.4 Å². The molecule has 0 aliphatic carbocycles. The van der Waals surface area contributed by atoms with Crippen LogP contribution in [0.2, 0.25) is 0 Å². The number of hydrogen-bond acceptors (Lipinski definition) is 3. The molecule has 0 aliphatic heterocycles. The number of benzene rings is 1. The lowest BCUT2D eigenvalue weighted by atomic mass is 10.3. The second kappa shape index (κ2) is 5.17. The van der Waals surface area contributed by atoms with Crippen LogP contribution in [0.25, 0.3) is 0 Å². The molecule has 0 saturated carbocycles. The predicted molar refractivity (Wildman–Crippen MR) is 57.0 cm³/mol. The van der Waals surface area contributed by atoms with Crippen LogP contribution in [0.5, 0.6) is 5.75 Å². The van der Waals surface area contributed by atoms with E-state index in [9.17, 15) is 10.1 Å². The number of alkyl halides is 1. The zero-order valence-electron chi connectivity index (χ0n) is 7.07. The highest BCUT2D eigenvalue weighted by Crippen LogP contribution is 2.25. The lowest BCUT2D eigenvalue weighted by Crippen LogP contribution is -1.98. The number of nitro groups is 1. The molecule has 76 valence electrons. The molecule has 0 spiro atoms. The molecule has 0 saturated heterocycles. The minimum Gasteiger partial charge on any atom is -0.492 e. The molecular weight excluding hydrogens is 273 g/mol. The maximum atomic E-state index is 10.5. The smallest absolute Gasteiger partial charge is 0.274 e. The average molecular weight is 281 g/mol. The fourth-order valence-electron chi connectivity index (χ4n) is 0.893. The summed E-state index contributed by atoms with van der Waals surface area (Å²) >= 11 is 8.58. The first-order valence-corrected chi connectivity index (χ1v) is 5.10. The van der Waals surface area contributed by atoms with Gasteiger partial charge in [0.1, 0.15) is 12.4 Å². The van der Waals surface area contributed by atoms with E-state index in [4.69, 9.17) is 16.3 Å². The predicted octanol–water partition coefficient (Wildman–Crippen LogP) is 2.97. The number of halogens is 2. The van der Waals surface area contributed by atoms with Gasteiger partial charge in [0.05, 0.1) is 16.9 Å². The molecule has 6 heteroatoms. The third-order valence-corrected chi connectivity index (χ3v) is 2.02. The van der Waals surface area contributed by atoms with E-state index in [2.05, 4.69) is 15.9 Å². The molecule has 1 aromatic carbocycles. The number of ether oxygens (including phenoxy) is 1. The summed E-state index contributed by atoms with van der Waals surface area (Å²) in [5, 5.41) is 10.5. The van der Waals surface area contributed by atoms with Crippen molar-refractivity contribution in [1.29, 1.82) is 0 Å². The Labute approximate surface area is 94.1 Å². The number of rotatable bonds is 4. The maximum absolute atomic E-state index is 10.5. The van der Waals surface area contributed by atoms with Crippen molar-refractivity contribution in [2.45, 2.75) is 0 Å². The Morgan fingerprint density at radius 2 is 2.21 bits per heavy atom. The van der Waals surface area contributed by atoms with E-state index in [1.807, 2.05) is 0 Å². The Balaban J connectivity index is 2.89. The van der Waals surface area contributed by atoms with Crippen molar-refractivity contribution in [3.8, 4) is 5.75 Å². The molecule has 0 atom stereocenters. The van der Waals surface area contributed by atoms with E-state index in [-0.39, 0.29) is 5.69 Å². The van der Waals surface area contributed by atoms with Gasteiger partial charge >= 0.3 is 0 Å². The first-order chi connectivity index (χ1) is 6.63. The highest BCUT2D eigenvalue weighted by molar-refractivity contribution is 9.10. The van der Waals surface area contributed by atoms with Gasteiger partial charge in [0.25, 0.3) is 5.69 Å². The van der Waals surface area contributed by atoms with Gasteiger partial charge in [-0.1, -0.05) is 15.9 Å². The largest absolute Gasteiger partial charge is 0.492 e. The van der Waals surface area contributed by atoms with Crippen LogP contribution in [0, 0.1) is 10.1 Å². The molecule has 0 aromatic heterocycles. The van der Waals surface area contributed by atoms with Crippen LogP contribution in [0.15, 0.2) is 22.7 Å². The highest BCUT2D eigenvalue weighted by atomic mass is 79.9. The fraction of sp³-hybridized carbons (Fsp3) is 0.250. The third kappa shape index (κ3) is 3.16. The molecule has 0 amide bonds. The number of non-ortho nitro benzene ring substituents is 1. The van der Waals surface area contributed by atoms with E-state index in [0.29, 0.717) is 22.7 Å². The second-order valence-electron chi connectivity index (χ2n) is 2.44. The van der Waals surface area contributed by atoms with Gasteiger partial charge in [0.2, 0.25) is 0 Å². The second-order valence-corrected chi connectivity index (χ2v) is 3.73. The Morgan fingerprint density at radius 3 is 2.79 bits per heavy atom. The fourth-order valence-corrected chi connectivity index (χ4v) is 1.43. The van der Waals surface area contributed by atoms with Gasteiger partial charge in [-0.3, -0.25) is 10.1 Å². The summed E-state index contributed by atoms with van der Waals surface area (Å²) in [7, 11) is 0. The zero-order chi connectivity index (χ0) is 10.6. The Hall–Kier alpha value is -0.810. The van der Waals surface area contributed by atoms with E-state index in [0.717, 1.165) is 0 Å². The quantitative estimate of drug-likeness (QED) is 0.484. The van der Waals surface area contributed by atoms with Gasteiger partial charge in [-0.05, 0) is 6.07 Å². The summed E-state index contributed by atoms with van der Waals surface area (Å²) in [6.45, 7) is 0.329. The molecule has 14 heavy (non-hydrogen) atoms. The monoisotopic (exact) mass is 279 g/mol. The molecule has 1 aromatic rings. The minimum absolute atomic E-state index is 0.0102. The van der Waals surface area contributed by atoms with Gasteiger partial charge < -0.3 is 4.74 Å². The molecule has 0 heterocycles. The van der Waals surface area contributed by atoms with Gasteiger partial charge in [-0.15, -0.1) is 11.6 Å². The first-order valence-electron chi connectivity index (χ1n) is 3.77. The van der Waals surface area contributed by atoms with Gasteiger partial charge in [0, 0.05) is 10.5 Å². The van der Waals surface area contributed by atoms with Crippen LogP contribution < -0.4 is 4.74 Å². The highest BCUT2D eigenvalue weighted by Gasteiger charge is 2.08. The van der Waals surface area contributed by atoms with Crippen LogP contribution in [0.3, 0.4) is 0 Å². The molecule has 4 nitrogen and oxygen atoms in total. The SMILES string of the molecule is O=[N+]([O-])c1cc(Br)cc(OCCCl)c1. The Kier molecular flexibility index (Phi) is 4.16. The third-order valence-electron chi connectivity index (χ3n) is 1.41. The molecule has 0 bridgehead atoms. The molecule has 0 fully saturated rings. The summed E-state index contributed by atoms with van der Waals surface area (Å²) in [5.74, 6) is 0.784. The topological polar surface area (TPSA) is 52.4 Å². The molecule has 0 radical (unpaired) electrons. The standard InChI is InChI=1S/C8H7BrClNO3/c9-6-3-7(11(12)13)5-8(4-6)14-2-1-10/h3-5H,1-2H2. The van der Waals surface area contributed by atoms with Crippen molar-refractivity contribution in [1.82, 2.24) is 0 Å². The summed E-state index contributed by atoms with van der Waals surface area (Å²) in [6, 6.07) is 4.42. The van der Waals surface area contributed by atoms with Crippen LogP contribution in [0.1, 0.15) is 0 Å². The number of hydrogen-bond donors (Lipinski definition) is 0. The van der Waals surface area contributed by atoms with E-state index >= 15 is 0 Å². The van der Waals surface area contributed by atoms with E-state index in [1.54, 1.807) is 6.07 Å². The van der Waals surface area contributed by atoms with Crippen LogP contribution in [0.4, 0.5) is 5.69 Å². The molecule has 0 unspecified atom stereocenters. The van der Waals surface area contributed by atoms with Crippen molar-refractivity contribution in [2.24, 2.45) is 0 Å². The normalized spacial score (nSPS) is 9.86. The molecular formula is C8H7BrClNO3. The number of nitrogens with zero attached hydrogens (tertiary/aromatic N) is 1. The van der Waals surface area contributed by atoms with E-state index < -0.39 is 4.92 Å². The zero-order valence-corrected chi connectivity index (χ0v) is 9.42. The van der Waals surface area contributed by atoms with E-state index in [1.165, 1.54) is 12.1 Å². The van der Waals surface area contributed by atoms with Crippen molar-refractivity contribution in [3.05, 3.63) is 32.8 Å². The Morgan fingerprint density at radius 1 is 1.50 bits per heavy atom. The Bertz CT molecular complexity index is 345. The molecule has 1 rings (SSSR count). The van der Waals surface area contributed by atoms with Gasteiger partial charge in [0.15, 0.2) is 0 Å². The van der Waals surface area contributed by atoms with Crippen LogP contribution in [-0.2, 0) is 0 Å². The summed E-state index contributed by atoms with van der Waals surface area (Å²) < 4.78 is 5.77. The van der Waals surface area contributed by atoms with Crippen LogP contribution >= 0.6 is 27.5 Å².